The van der Waals surface area contributed by atoms with Gasteiger partial charge in [0.2, 0.25) is 0 Å². The number of aromatic nitrogens is 1. The van der Waals surface area contributed by atoms with Crippen LogP contribution in [0.1, 0.15) is 41.6 Å². The van der Waals surface area contributed by atoms with Crippen LogP contribution in [-0.4, -0.2) is 47.5 Å². The molecular formula is C23H25N3O5. The number of H-pyrrole nitrogens is 1. The van der Waals surface area contributed by atoms with Gasteiger partial charge in [-0.1, -0.05) is 0 Å². The first kappa shape index (κ1) is 20.7. The molecule has 0 saturated carbocycles. The SMILES string of the molecule is CCOc1ccc(C(=O)N2CCC(c3c[nH]c4ccc(OC)cc34)CC2)cc1[N+](=O)[O-]. The Morgan fingerprint density at radius 1 is 1.23 bits per heavy atom. The predicted octanol–water partition coefficient (Wildman–Crippen LogP) is 4.50. The Bertz CT molecular complexity index is 1120. The van der Waals surface area contributed by atoms with Crippen molar-refractivity contribution in [3.8, 4) is 11.5 Å². The van der Waals surface area contributed by atoms with E-state index in [1.54, 1.807) is 25.0 Å². The van der Waals surface area contributed by atoms with E-state index in [1.165, 1.54) is 17.7 Å². The first-order valence-corrected chi connectivity index (χ1v) is 10.4. The van der Waals surface area contributed by atoms with Crippen LogP contribution in [0.5, 0.6) is 11.5 Å². The maximum absolute atomic E-state index is 13.0. The Hall–Kier alpha value is -3.55. The van der Waals surface area contributed by atoms with Gasteiger partial charge >= 0.3 is 5.69 Å². The van der Waals surface area contributed by atoms with Crippen molar-refractivity contribution in [1.82, 2.24) is 9.88 Å². The van der Waals surface area contributed by atoms with E-state index in [-0.39, 0.29) is 17.3 Å². The Labute approximate surface area is 179 Å². The van der Waals surface area contributed by atoms with Gasteiger partial charge in [0.25, 0.3) is 5.91 Å². The fourth-order valence-electron chi connectivity index (χ4n) is 4.23. The number of nitrogens with one attached hydrogen (secondary N) is 1. The molecule has 0 spiro atoms. The van der Waals surface area contributed by atoms with Gasteiger partial charge in [-0.3, -0.25) is 14.9 Å². The Morgan fingerprint density at radius 3 is 2.68 bits per heavy atom. The molecule has 3 aromatic rings. The topological polar surface area (TPSA) is 97.7 Å². The third-order valence-electron chi connectivity index (χ3n) is 5.85. The van der Waals surface area contributed by atoms with Gasteiger partial charge in [0.15, 0.2) is 5.75 Å². The fourth-order valence-corrected chi connectivity index (χ4v) is 4.23. The van der Waals surface area contributed by atoms with Crippen LogP contribution in [0.25, 0.3) is 10.9 Å². The summed E-state index contributed by atoms with van der Waals surface area (Å²) in [4.78, 5) is 28.9. The van der Waals surface area contributed by atoms with Gasteiger partial charge in [0.1, 0.15) is 5.75 Å². The minimum Gasteiger partial charge on any atom is -0.497 e. The highest BCUT2D eigenvalue weighted by Gasteiger charge is 2.27. The lowest BCUT2D eigenvalue weighted by Gasteiger charge is -2.32. The van der Waals surface area contributed by atoms with Crippen LogP contribution in [0, 0.1) is 10.1 Å². The smallest absolute Gasteiger partial charge is 0.311 e. The number of nitro groups is 1. The van der Waals surface area contributed by atoms with E-state index < -0.39 is 4.92 Å². The standard InChI is InChI=1S/C23H25N3O5/c1-3-31-22-7-4-16(12-21(22)26(28)29)23(27)25-10-8-15(9-11-25)19-14-24-20-6-5-17(30-2)13-18(19)20/h4-7,12-15,24H,3,8-11H2,1-2H3. The van der Waals surface area contributed by atoms with Crippen LogP contribution in [0.15, 0.2) is 42.6 Å². The molecule has 162 valence electrons. The lowest BCUT2D eigenvalue weighted by atomic mass is 9.89. The number of amides is 1. The van der Waals surface area contributed by atoms with E-state index in [0.717, 1.165) is 29.5 Å². The average Bonchev–Trinajstić information content (AvgIpc) is 3.22. The van der Waals surface area contributed by atoms with Crippen molar-refractivity contribution in [3.05, 3.63) is 63.8 Å². The quantitative estimate of drug-likeness (QED) is 0.465. The number of piperidine rings is 1. The van der Waals surface area contributed by atoms with Gasteiger partial charge in [0.05, 0.1) is 18.6 Å². The third-order valence-corrected chi connectivity index (χ3v) is 5.85. The number of methoxy groups -OCH3 is 1. The number of nitrogens with zero attached hydrogens (tertiary/aromatic N) is 2. The number of benzene rings is 2. The maximum Gasteiger partial charge on any atom is 0.311 e. The number of carbonyl (C=O) groups is 1. The van der Waals surface area contributed by atoms with Crippen LogP contribution in [0.2, 0.25) is 0 Å². The zero-order valence-electron chi connectivity index (χ0n) is 17.6. The van der Waals surface area contributed by atoms with Crippen molar-refractivity contribution in [2.45, 2.75) is 25.7 Å². The Kier molecular flexibility index (Phi) is 5.79. The van der Waals surface area contributed by atoms with Gasteiger partial charge in [-0.2, -0.15) is 0 Å². The second-order valence-electron chi connectivity index (χ2n) is 7.59. The summed E-state index contributed by atoms with van der Waals surface area (Å²) in [6.07, 6.45) is 3.70. The first-order valence-electron chi connectivity index (χ1n) is 10.4. The van der Waals surface area contributed by atoms with Crippen molar-refractivity contribution in [1.29, 1.82) is 0 Å². The van der Waals surface area contributed by atoms with E-state index in [2.05, 4.69) is 4.98 Å². The number of hydrogen-bond acceptors (Lipinski definition) is 5. The van der Waals surface area contributed by atoms with E-state index in [1.807, 2.05) is 24.4 Å². The van der Waals surface area contributed by atoms with Crippen LogP contribution in [-0.2, 0) is 0 Å². The zero-order valence-corrected chi connectivity index (χ0v) is 17.6. The van der Waals surface area contributed by atoms with Crippen LogP contribution in [0.3, 0.4) is 0 Å². The molecule has 1 fully saturated rings. The molecule has 8 nitrogen and oxygen atoms in total. The highest BCUT2D eigenvalue weighted by Crippen LogP contribution is 2.35. The number of carbonyl (C=O) groups excluding carboxylic acids is 1. The van der Waals surface area contributed by atoms with Crippen molar-refractivity contribution >= 4 is 22.5 Å². The second kappa shape index (κ2) is 8.67. The van der Waals surface area contributed by atoms with Crippen LogP contribution < -0.4 is 9.47 Å². The molecule has 0 radical (unpaired) electrons. The number of ether oxygens (including phenoxy) is 2. The fraction of sp³-hybridized carbons (Fsp3) is 0.348. The van der Waals surface area contributed by atoms with Crippen molar-refractivity contribution in [3.63, 3.8) is 0 Å². The molecule has 31 heavy (non-hydrogen) atoms. The minimum atomic E-state index is -0.515. The lowest BCUT2D eigenvalue weighted by Crippen LogP contribution is -2.37. The highest BCUT2D eigenvalue weighted by molar-refractivity contribution is 5.95. The van der Waals surface area contributed by atoms with Gasteiger partial charge in [-0.15, -0.1) is 0 Å². The molecule has 2 heterocycles. The summed E-state index contributed by atoms with van der Waals surface area (Å²) < 4.78 is 10.7. The number of rotatable bonds is 6. The van der Waals surface area contributed by atoms with Gasteiger partial charge in [-0.05, 0) is 61.6 Å². The molecule has 0 atom stereocenters. The van der Waals surface area contributed by atoms with E-state index in [0.29, 0.717) is 31.2 Å². The molecule has 0 bridgehead atoms. The number of fused-ring (bicyclic) bond motifs is 1. The predicted molar refractivity (Wildman–Crippen MR) is 117 cm³/mol. The highest BCUT2D eigenvalue weighted by atomic mass is 16.6. The molecule has 1 N–H and O–H groups in total. The summed E-state index contributed by atoms with van der Waals surface area (Å²) in [6, 6.07) is 10.4. The maximum atomic E-state index is 13.0. The van der Waals surface area contributed by atoms with Gasteiger partial charge < -0.3 is 19.4 Å². The molecular weight excluding hydrogens is 398 g/mol. The molecule has 0 aliphatic carbocycles. The van der Waals surface area contributed by atoms with Crippen LogP contribution in [0.4, 0.5) is 5.69 Å². The lowest BCUT2D eigenvalue weighted by molar-refractivity contribution is -0.385. The van der Waals surface area contributed by atoms with E-state index >= 15 is 0 Å². The van der Waals surface area contributed by atoms with E-state index in [4.69, 9.17) is 9.47 Å². The minimum absolute atomic E-state index is 0.178. The molecule has 1 amide bonds. The molecule has 1 aliphatic heterocycles. The summed E-state index contributed by atoms with van der Waals surface area (Å²) in [5.74, 6) is 1.14. The van der Waals surface area contributed by atoms with Crippen LogP contribution >= 0.6 is 0 Å². The Morgan fingerprint density at radius 2 is 2.00 bits per heavy atom. The summed E-state index contributed by atoms with van der Waals surface area (Å²) in [6.45, 7) is 3.28. The second-order valence-corrected chi connectivity index (χ2v) is 7.59. The normalized spacial score (nSPS) is 14.6. The average molecular weight is 423 g/mol. The van der Waals surface area contributed by atoms with Gasteiger partial charge in [0, 0.05) is 41.8 Å². The molecule has 4 rings (SSSR count). The third kappa shape index (κ3) is 4.05. The summed E-state index contributed by atoms with van der Waals surface area (Å²) in [5, 5.41) is 12.5. The zero-order chi connectivity index (χ0) is 22.0. The number of likely N-dealkylation sites (tertiary alicyclic amines) is 1. The summed E-state index contributed by atoms with van der Waals surface area (Å²) in [7, 11) is 1.66. The van der Waals surface area contributed by atoms with E-state index in [9.17, 15) is 14.9 Å². The number of hydrogen-bond donors (Lipinski definition) is 1. The Balaban J connectivity index is 1.48. The van der Waals surface area contributed by atoms with Crippen molar-refractivity contribution in [2.75, 3.05) is 26.8 Å². The monoisotopic (exact) mass is 423 g/mol. The molecule has 8 heteroatoms. The molecule has 1 aliphatic rings. The largest absolute Gasteiger partial charge is 0.497 e. The number of nitro benzene ring substituents is 1. The van der Waals surface area contributed by atoms with Crippen molar-refractivity contribution in [2.24, 2.45) is 0 Å². The summed E-state index contributed by atoms with van der Waals surface area (Å²) in [5.41, 5.74) is 2.43. The molecule has 2 aromatic carbocycles. The number of aromatic amines is 1. The molecule has 0 unspecified atom stereocenters. The summed E-state index contributed by atoms with van der Waals surface area (Å²) >= 11 is 0. The first-order chi connectivity index (χ1) is 15.0. The van der Waals surface area contributed by atoms with Crippen molar-refractivity contribution < 1.29 is 19.2 Å². The molecule has 1 saturated heterocycles. The van der Waals surface area contributed by atoms with Gasteiger partial charge in [-0.25, -0.2) is 0 Å². The molecule has 1 aromatic heterocycles.